The van der Waals surface area contributed by atoms with Gasteiger partial charge in [-0.05, 0) is 31.0 Å². The smallest absolute Gasteiger partial charge is 0.213 e. The summed E-state index contributed by atoms with van der Waals surface area (Å²) in [6, 6.07) is 13.5. The van der Waals surface area contributed by atoms with Crippen molar-refractivity contribution in [2.45, 2.75) is 19.4 Å². The van der Waals surface area contributed by atoms with Gasteiger partial charge in [0.25, 0.3) is 0 Å². The van der Waals surface area contributed by atoms with Crippen LogP contribution >= 0.6 is 0 Å². The topological polar surface area (TPSA) is 51.2 Å². The van der Waals surface area contributed by atoms with Gasteiger partial charge >= 0.3 is 0 Å². The molecule has 0 saturated carbocycles. The zero-order chi connectivity index (χ0) is 15.2. The summed E-state index contributed by atoms with van der Waals surface area (Å²) >= 11 is 0. The highest BCUT2D eigenvalue weighted by molar-refractivity contribution is 5.97. The molecule has 4 nitrogen and oxygen atoms in total. The van der Waals surface area contributed by atoms with E-state index in [1.54, 1.807) is 12.3 Å². The van der Waals surface area contributed by atoms with E-state index in [-0.39, 0.29) is 11.7 Å². The van der Waals surface area contributed by atoms with Gasteiger partial charge in [-0.1, -0.05) is 30.3 Å². The predicted molar refractivity (Wildman–Crippen MR) is 84.9 cm³/mol. The van der Waals surface area contributed by atoms with Crippen molar-refractivity contribution >= 4 is 5.78 Å². The third-order valence-corrected chi connectivity index (χ3v) is 3.92. The number of nitrogens with one attached hydrogen (secondary N) is 1. The lowest BCUT2D eigenvalue weighted by Gasteiger charge is -2.21. The molecule has 1 aromatic carbocycles. The molecule has 2 heterocycles. The van der Waals surface area contributed by atoms with Crippen molar-refractivity contribution in [3.8, 4) is 5.88 Å². The molecule has 1 aliphatic rings. The molecule has 22 heavy (non-hydrogen) atoms. The Bertz CT molecular complexity index is 605. The van der Waals surface area contributed by atoms with Gasteiger partial charge in [-0.15, -0.1) is 0 Å². The quantitative estimate of drug-likeness (QED) is 0.862. The minimum Gasteiger partial charge on any atom is -0.473 e. The van der Waals surface area contributed by atoms with E-state index in [0.717, 1.165) is 31.5 Å². The highest BCUT2D eigenvalue weighted by Gasteiger charge is 2.22. The number of carbonyl (C=O) groups is 1. The fourth-order valence-corrected chi connectivity index (χ4v) is 2.65. The van der Waals surface area contributed by atoms with Crippen LogP contribution in [0.15, 0.2) is 48.7 Å². The number of piperidine rings is 1. The van der Waals surface area contributed by atoms with Crippen LogP contribution in [0.4, 0.5) is 0 Å². The number of aromatic nitrogens is 1. The van der Waals surface area contributed by atoms with E-state index in [2.05, 4.69) is 10.3 Å². The molecule has 3 rings (SSSR count). The van der Waals surface area contributed by atoms with Crippen molar-refractivity contribution in [2.24, 2.45) is 5.92 Å². The molecule has 1 aromatic heterocycles. The minimum absolute atomic E-state index is 0.0756. The maximum Gasteiger partial charge on any atom is 0.213 e. The van der Waals surface area contributed by atoms with Gasteiger partial charge in [-0.25, -0.2) is 4.98 Å². The fraction of sp³-hybridized carbons (Fsp3) is 0.333. The highest BCUT2D eigenvalue weighted by Crippen LogP contribution is 2.18. The Hall–Kier alpha value is -2.20. The SMILES string of the molecule is O=C(c1ccc(OCc2ccccc2)nc1)C1CCCNC1. The van der Waals surface area contributed by atoms with Crippen LogP contribution in [0.25, 0.3) is 0 Å². The minimum atomic E-state index is 0.0756. The number of hydrogen-bond acceptors (Lipinski definition) is 4. The van der Waals surface area contributed by atoms with Crippen molar-refractivity contribution in [1.29, 1.82) is 0 Å². The lowest BCUT2D eigenvalue weighted by molar-refractivity contribution is 0.0899. The number of ether oxygens (including phenoxy) is 1. The van der Waals surface area contributed by atoms with E-state index < -0.39 is 0 Å². The van der Waals surface area contributed by atoms with Crippen LogP contribution in [-0.2, 0) is 6.61 Å². The van der Waals surface area contributed by atoms with Crippen LogP contribution in [0.2, 0.25) is 0 Å². The van der Waals surface area contributed by atoms with Crippen molar-refractivity contribution in [2.75, 3.05) is 13.1 Å². The van der Waals surface area contributed by atoms with E-state index in [1.165, 1.54) is 0 Å². The highest BCUT2D eigenvalue weighted by atomic mass is 16.5. The van der Waals surface area contributed by atoms with Gasteiger partial charge in [0.15, 0.2) is 5.78 Å². The number of rotatable bonds is 5. The Balaban J connectivity index is 1.59. The Morgan fingerprint density at radius 2 is 2.09 bits per heavy atom. The van der Waals surface area contributed by atoms with E-state index in [1.807, 2.05) is 36.4 Å². The van der Waals surface area contributed by atoms with Crippen molar-refractivity contribution < 1.29 is 9.53 Å². The van der Waals surface area contributed by atoms with Gasteiger partial charge in [-0.2, -0.15) is 0 Å². The fourth-order valence-electron chi connectivity index (χ4n) is 2.65. The summed E-state index contributed by atoms with van der Waals surface area (Å²) in [5.74, 6) is 0.795. The third kappa shape index (κ3) is 3.71. The molecule has 0 radical (unpaired) electrons. The van der Waals surface area contributed by atoms with E-state index in [0.29, 0.717) is 18.1 Å². The number of Topliss-reactive ketones (excluding diaryl/α,β-unsaturated/α-hetero) is 1. The molecule has 0 bridgehead atoms. The predicted octanol–water partition coefficient (Wildman–Crippen LogP) is 2.84. The molecule has 1 fully saturated rings. The summed E-state index contributed by atoms with van der Waals surface area (Å²) in [5, 5.41) is 3.27. The Kier molecular flexibility index (Phi) is 4.81. The second-order valence-corrected chi connectivity index (χ2v) is 5.57. The van der Waals surface area contributed by atoms with Crippen LogP contribution < -0.4 is 10.1 Å². The van der Waals surface area contributed by atoms with E-state index in [4.69, 9.17) is 4.74 Å². The zero-order valence-electron chi connectivity index (χ0n) is 12.5. The van der Waals surface area contributed by atoms with Crippen LogP contribution in [0.3, 0.4) is 0 Å². The van der Waals surface area contributed by atoms with Gasteiger partial charge < -0.3 is 10.1 Å². The second kappa shape index (κ2) is 7.18. The first-order valence-electron chi connectivity index (χ1n) is 7.70. The zero-order valence-corrected chi connectivity index (χ0v) is 12.5. The van der Waals surface area contributed by atoms with Crippen LogP contribution in [0, 0.1) is 5.92 Å². The summed E-state index contributed by atoms with van der Waals surface area (Å²) in [6.07, 6.45) is 3.64. The Labute approximate surface area is 130 Å². The normalized spacial score (nSPS) is 17.9. The van der Waals surface area contributed by atoms with Gasteiger partial charge in [0, 0.05) is 30.3 Å². The average Bonchev–Trinajstić information content (AvgIpc) is 2.61. The number of hydrogen-bond donors (Lipinski definition) is 1. The van der Waals surface area contributed by atoms with E-state index >= 15 is 0 Å². The lowest BCUT2D eigenvalue weighted by atomic mass is 9.92. The first kappa shape index (κ1) is 14.7. The maximum absolute atomic E-state index is 12.4. The van der Waals surface area contributed by atoms with Crippen LogP contribution in [0.5, 0.6) is 5.88 Å². The first-order chi connectivity index (χ1) is 10.8. The largest absolute Gasteiger partial charge is 0.473 e. The molecule has 114 valence electrons. The van der Waals surface area contributed by atoms with Crippen molar-refractivity contribution in [3.63, 3.8) is 0 Å². The molecule has 0 amide bonds. The number of pyridine rings is 1. The molecule has 1 unspecified atom stereocenters. The summed E-state index contributed by atoms with van der Waals surface area (Å²) in [7, 11) is 0. The third-order valence-electron chi connectivity index (χ3n) is 3.92. The summed E-state index contributed by atoms with van der Waals surface area (Å²) < 4.78 is 5.64. The number of benzene rings is 1. The van der Waals surface area contributed by atoms with Gasteiger partial charge in [0.05, 0.1) is 0 Å². The Morgan fingerprint density at radius 3 is 2.77 bits per heavy atom. The van der Waals surface area contributed by atoms with Gasteiger partial charge in [0.2, 0.25) is 5.88 Å². The summed E-state index contributed by atoms with van der Waals surface area (Å²) in [5.41, 5.74) is 1.76. The molecule has 1 N–H and O–H groups in total. The van der Waals surface area contributed by atoms with Crippen molar-refractivity contribution in [3.05, 3.63) is 59.8 Å². The first-order valence-corrected chi connectivity index (χ1v) is 7.70. The van der Waals surface area contributed by atoms with Crippen LogP contribution in [-0.4, -0.2) is 23.9 Å². The van der Waals surface area contributed by atoms with Crippen LogP contribution in [0.1, 0.15) is 28.8 Å². The lowest BCUT2D eigenvalue weighted by Crippen LogP contribution is -2.34. The monoisotopic (exact) mass is 296 g/mol. The molecule has 0 spiro atoms. The molecule has 1 saturated heterocycles. The molecular formula is C18H20N2O2. The molecule has 0 aliphatic carbocycles. The molecule has 1 aliphatic heterocycles. The number of ketones is 1. The Morgan fingerprint density at radius 1 is 1.23 bits per heavy atom. The van der Waals surface area contributed by atoms with Gasteiger partial charge in [-0.3, -0.25) is 4.79 Å². The van der Waals surface area contributed by atoms with Gasteiger partial charge in [0.1, 0.15) is 6.61 Å². The number of carbonyl (C=O) groups excluding carboxylic acids is 1. The molecule has 4 heteroatoms. The summed E-state index contributed by atoms with van der Waals surface area (Å²) in [6.45, 7) is 2.26. The molecular weight excluding hydrogens is 276 g/mol. The average molecular weight is 296 g/mol. The second-order valence-electron chi connectivity index (χ2n) is 5.57. The van der Waals surface area contributed by atoms with E-state index in [9.17, 15) is 4.79 Å². The molecule has 1 atom stereocenters. The standard InChI is InChI=1S/C18H20N2O2/c21-18(15-7-4-10-19-11-15)16-8-9-17(20-12-16)22-13-14-5-2-1-3-6-14/h1-3,5-6,8-9,12,15,19H,4,7,10-11,13H2. The maximum atomic E-state index is 12.4. The van der Waals surface area contributed by atoms with Crippen molar-refractivity contribution in [1.82, 2.24) is 10.3 Å². The number of nitrogens with zero attached hydrogens (tertiary/aromatic N) is 1. The molecule has 2 aromatic rings. The summed E-state index contributed by atoms with van der Waals surface area (Å²) in [4.78, 5) is 16.6.